The smallest absolute Gasteiger partial charge is 0.339 e. The van der Waals surface area contributed by atoms with Crippen molar-refractivity contribution in [2.24, 2.45) is 5.92 Å². The fourth-order valence-electron chi connectivity index (χ4n) is 3.36. The number of hydrogen-bond acceptors (Lipinski definition) is 3. The first kappa shape index (κ1) is 14.1. The standard InChI is InChI=1S/C17H21NO3/c1-12(2)10-15(19)18-9-5-8-17(11-18)14-7-4-3-6-13(14)16(20)21-17/h3-4,6-7,12H,5,8-11H2,1-2H3. The van der Waals surface area contributed by atoms with Crippen LogP contribution in [0.1, 0.15) is 49.0 Å². The summed E-state index contributed by atoms with van der Waals surface area (Å²) in [6, 6.07) is 7.54. The van der Waals surface area contributed by atoms with Crippen LogP contribution in [0.5, 0.6) is 0 Å². The number of fused-ring (bicyclic) bond motifs is 2. The van der Waals surface area contributed by atoms with Crippen LogP contribution in [0.3, 0.4) is 0 Å². The summed E-state index contributed by atoms with van der Waals surface area (Å²) in [7, 11) is 0. The van der Waals surface area contributed by atoms with Gasteiger partial charge in [-0.1, -0.05) is 32.0 Å². The second-order valence-electron chi connectivity index (χ2n) is 6.45. The molecular weight excluding hydrogens is 266 g/mol. The third kappa shape index (κ3) is 2.43. The minimum Gasteiger partial charge on any atom is -0.449 e. The van der Waals surface area contributed by atoms with Gasteiger partial charge < -0.3 is 9.64 Å². The SMILES string of the molecule is CC(C)CC(=O)N1CCCC2(C1)OC(=O)c1ccccc12. The second-order valence-corrected chi connectivity index (χ2v) is 6.45. The lowest BCUT2D eigenvalue weighted by molar-refractivity contribution is -0.139. The number of carbonyl (C=O) groups is 2. The van der Waals surface area contributed by atoms with Crippen molar-refractivity contribution in [2.75, 3.05) is 13.1 Å². The molecule has 0 saturated carbocycles. The van der Waals surface area contributed by atoms with E-state index in [9.17, 15) is 9.59 Å². The van der Waals surface area contributed by atoms with Crippen LogP contribution in [0.25, 0.3) is 0 Å². The molecule has 0 radical (unpaired) electrons. The van der Waals surface area contributed by atoms with Gasteiger partial charge in [-0.15, -0.1) is 0 Å². The molecule has 1 unspecified atom stereocenters. The Labute approximate surface area is 125 Å². The van der Waals surface area contributed by atoms with E-state index in [-0.39, 0.29) is 11.9 Å². The summed E-state index contributed by atoms with van der Waals surface area (Å²) < 4.78 is 5.71. The summed E-state index contributed by atoms with van der Waals surface area (Å²) in [4.78, 5) is 26.3. The Kier molecular flexibility index (Phi) is 3.47. The zero-order chi connectivity index (χ0) is 15.0. The molecule has 2 aliphatic heterocycles. The maximum Gasteiger partial charge on any atom is 0.339 e. The van der Waals surface area contributed by atoms with E-state index in [1.54, 1.807) is 6.07 Å². The number of ether oxygens (including phenoxy) is 1. The van der Waals surface area contributed by atoms with Crippen LogP contribution in [0.15, 0.2) is 24.3 Å². The minimum atomic E-state index is -0.626. The van der Waals surface area contributed by atoms with E-state index in [0.29, 0.717) is 24.4 Å². The Bertz CT molecular complexity index is 581. The predicted molar refractivity (Wildman–Crippen MR) is 78.8 cm³/mol. The highest BCUT2D eigenvalue weighted by atomic mass is 16.6. The van der Waals surface area contributed by atoms with Crippen LogP contribution in [0, 0.1) is 5.92 Å². The van der Waals surface area contributed by atoms with Crippen LogP contribution in [-0.4, -0.2) is 29.9 Å². The van der Waals surface area contributed by atoms with Gasteiger partial charge in [0.2, 0.25) is 5.91 Å². The number of amides is 1. The average molecular weight is 287 g/mol. The lowest BCUT2D eigenvalue weighted by atomic mass is 9.85. The maximum absolute atomic E-state index is 12.3. The molecule has 3 rings (SSSR count). The normalized spacial score (nSPS) is 24.3. The van der Waals surface area contributed by atoms with E-state index in [0.717, 1.165) is 24.9 Å². The van der Waals surface area contributed by atoms with Gasteiger partial charge in [0.1, 0.15) is 0 Å². The highest BCUT2D eigenvalue weighted by Gasteiger charge is 2.48. The molecule has 2 aliphatic rings. The molecule has 1 aromatic carbocycles. The first-order valence-electron chi connectivity index (χ1n) is 7.62. The Morgan fingerprint density at radius 2 is 2.14 bits per heavy atom. The number of likely N-dealkylation sites (tertiary alicyclic amines) is 1. The third-order valence-electron chi connectivity index (χ3n) is 4.32. The summed E-state index contributed by atoms with van der Waals surface area (Å²) in [6.45, 7) is 5.33. The molecule has 0 N–H and O–H groups in total. The van der Waals surface area contributed by atoms with E-state index >= 15 is 0 Å². The van der Waals surface area contributed by atoms with Gasteiger partial charge in [0.25, 0.3) is 0 Å². The van der Waals surface area contributed by atoms with Crippen LogP contribution >= 0.6 is 0 Å². The van der Waals surface area contributed by atoms with Crippen molar-refractivity contribution in [1.29, 1.82) is 0 Å². The molecule has 0 aliphatic carbocycles. The van der Waals surface area contributed by atoms with Gasteiger partial charge in [-0.25, -0.2) is 4.79 Å². The summed E-state index contributed by atoms with van der Waals surface area (Å²) in [5.41, 5.74) is 0.964. The third-order valence-corrected chi connectivity index (χ3v) is 4.32. The molecular formula is C17H21NO3. The number of benzene rings is 1. The van der Waals surface area contributed by atoms with E-state index in [2.05, 4.69) is 0 Å². The number of rotatable bonds is 2. The summed E-state index contributed by atoms with van der Waals surface area (Å²) >= 11 is 0. The second kappa shape index (κ2) is 5.17. The van der Waals surface area contributed by atoms with Crippen LogP contribution in [0.2, 0.25) is 0 Å². The van der Waals surface area contributed by atoms with Gasteiger partial charge in [0.15, 0.2) is 5.60 Å². The highest BCUT2D eigenvalue weighted by molar-refractivity contribution is 5.95. The highest BCUT2D eigenvalue weighted by Crippen LogP contribution is 2.42. The number of hydrogen-bond donors (Lipinski definition) is 0. The molecule has 0 aromatic heterocycles. The molecule has 112 valence electrons. The van der Waals surface area contributed by atoms with Crippen molar-refractivity contribution in [3.8, 4) is 0 Å². The van der Waals surface area contributed by atoms with Gasteiger partial charge in [0.05, 0.1) is 12.1 Å². The number of esters is 1. The fourth-order valence-corrected chi connectivity index (χ4v) is 3.36. The zero-order valence-electron chi connectivity index (χ0n) is 12.6. The van der Waals surface area contributed by atoms with Gasteiger partial charge in [-0.2, -0.15) is 0 Å². The van der Waals surface area contributed by atoms with Crippen molar-refractivity contribution in [2.45, 2.75) is 38.7 Å². The molecule has 1 saturated heterocycles. The van der Waals surface area contributed by atoms with Crippen LogP contribution in [0.4, 0.5) is 0 Å². The molecule has 1 amide bonds. The Morgan fingerprint density at radius 3 is 2.90 bits per heavy atom. The molecule has 21 heavy (non-hydrogen) atoms. The van der Waals surface area contributed by atoms with Crippen molar-refractivity contribution in [1.82, 2.24) is 4.90 Å². The quantitative estimate of drug-likeness (QED) is 0.786. The lowest BCUT2D eigenvalue weighted by Crippen LogP contribution is -2.49. The van der Waals surface area contributed by atoms with Gasteiger partial charge in [-0.05, 0) is 24.8 Å². The molecule has 1 spiro atoms. The van der Waals surface area contributed by atoms with Crippen molar-refractivity contribution in [3.05, 3.63) is 35.4 Å². The van der Waals surface area contributed by atoms with Gasteiger partial charge in [0, 0.05) is 18.5 Å². The monoisotopic (exact) mass is 287 g/mol. The lowest BCUT2D eigenvalue weighted by Gasteiger charge is -2.39. The van der Waals surface area contributed by atoms with Gasteiger partial charge >= 0.3 is 5.97 Å². The van der Waals surface area contributed by atoms with Crippen LogP contribution < -0.4 is 0 Å². The molecule has 4 nitrogen and oxygen atoms in total. The molecule has 1 aromatic rings. The topological polar surface area (TPSA) is 46.6 Å². The molecule has 1 atom stereocenters. The zero-order valence-corrected chi connectivity index (χ0v) is 12.6. The number of carbonyl (C=O) groups excluding carboxylic acids is 2. The average Bonchev–Trinajstić information content (AvgIpc) is 2.72. The molecule has 0 bridgehead atoms. The molecule has 4 heteroatoms. The summed E-state index contributed by atoms with van der Waals surface area (Å²) in [6.07, 6.45) is 2.21. The van der Waals surface area contributed by atoms with E-state index < -0.39 is 5.60 Å². The fraction of sp³-hybridized carbons (Fsp3) is 0.529. The van der Waals surface area contributed by atoms with Crippen molar-refractivity contribution < 1.29 is 14.3 Å². The maximum atomic E-state index is 12.3. The van der Waals surface area contributed by atoms with E-state index in [1.807, 2.05) is 36.9 Å². The molecule has 2 heterocycles. The van der Waals surface area contributed by atoms with Gasteiger partial charge in [-0.3, -0.25) is 4.79 Å². The summed E-state index contributed by atoms with van der Waals surface area (Å²) in [5, 5.41) is 0. The molecule has 1 fully saturated rings. The Hall–Kier alpha value is -1.84. The van der Waals surface area contributed by atoms with E-state index in [4.69, 9.17) is 4.74 Å². The number of piperidine rings is 1. The predicted octanol–water partition coefficient (Wildman–Crippen LogP) is 2.72. The number of nitrogens with zero attached hydrogens (tertiary/aromatic N) is 1. The van der Waals surface area contributed by atoms with E-state index in [1.165, 1.54) is 0 Å². The van der Waals surface area contributed by atoms with Crippen molar-refractivity contribution >= 4 is 11.9 Å². The Balaban J connectivity index is 1.87. The van der Waals surface area contributed by atoms with Crippen molar-refractivity contribution in [3.63, 3.8) is 0 Å². The first-order chi connectivity index (χ1) is 10.0. The Morgan fingerprint density at radius 1 is 1.38 bits per heavy atom. The largest absolute Gasteiger partial charge is 0.449 e. The van der Waals surface area contributed by atoms with Crippen LogP contribution in [-0.2, 0) is 15.1 Å². The minimum absolute atomic E-state index is 0.157. The summed E-state index contributed by atoms with van der Waals surface area (Å²) in [5.74, 6) is 0.238. The first-order valence-corrected chi connectivity index (χ1v) is 7.62.